The van der Waals surface area contributed by atoms with Crippen molar-refractivity contribution >= 4 is 27.5 Å². The zero-order chi connectivity index (χ0) is 17.9. The Kier molecular flexibility index (Phi) is 5.48. The first-order valence-corrected chi connectivity index (χ1v) is 9.65. The van der Waals surface area contributed by atoms with Gasteiger partial charge in [0, 0.05) is 19.0 Å². The molecule has 0 saturated carbocycles. The number of nitrogens with zero attached hydrogens (tertiary/aromatic N) is 2. The Morgan fingerprint density at radius 1 is 1.29 bits per heavy atom. The molecule has 0 radical (unpaired) electrons. The fourth-order valence-electron chi connectivity index (χ4n) is 2.82. The number of primary amides is 1. The molecule has 0 aromatic heterocycles. The van der Waals surface area contributed by atoms with Crippen LogP contribution in [-0.4, -0.2) is 51.0 Å². The van der Waals surface area contributed by atoms with Crippen LogP contribution in [0.15, 0.2) is 24.3 Å². The van der Waals surface area contributed by atoms with Gasteiger partial charge in [0.05, 0.1) is 11.9 Å². The molecule has 1 fully saturated rings. The molecule has 1 aromatic rings. The Hall–Kier alpha value is -2.09. The Balaban J connectivity index is 2.11. The number of amides is 2. The maximum absolute atomic E-state index is 12.5. The van der Waals surface area contributed by atoms with E-state index in [0.29, 0.717) is 31.6 Å². The summed E-state index contributed by atoms with van der Waals surface area (Å²) in [5.74, 6) is -0.832. The molecular formula is C16H23N3O4S. The first kappa shape index (κ1) is 18.3. The third-order valence-electron chi connectivity index (χ3n) is 4.22. The molecule has 1 aromatic carbocycles. The van der Waals surface area contributed by atoms with E-state index in [2.05, 4.69) is 0 Å². The van der Waals surface area contributed by atoms with Crippen molar-refractivity contribution in [3.8, 4) is 0 Å². The van der Waals surface area contributed by atoms with Crippen LogP contribution in [0.2, 0.25) is 0 Å². The van der Waals surface area contributed by atoms with E-state index >= 15 is 0 Å². The second kappa shape index (κ2) is 7.21. The number of aryl methyl sites for hydroxylation is 1. The SMILES string of the molecule is Cc1cccc(N(CC(=O)N2CCC(C(N)=O)CC2)S(C)(=O)=O)c1. The van der Waals surface area contributed by atoms with Crippen LogP contribution in [0.5, 0.6) is 0 Å². The second-order valence-corrected chi connectivity index (χ2v) is 8.07. The van der Waals surface area contributed by atoms with E-state index < -0.39 is 10.0 Å². The zero-order valence-corrected chi connectivity index (χ0v) is 14.8. The van der Waals surface area contributed by atoms with E-state index in [1.165, 1.54) is 0 Å². The van der Waals surface area contributed by atoms with Crippen molar-refractivity contribution in [2.75, 3.05) is 30.2 Å². The minimum Gasteiger partial charge on any atom is -0.369 e. The Morgan fingerprint density at radius 2 is 1.92 bits per heavy atom. The molecule has 2 rings (SSSR count). The normalized spacial score (nSPS) is 16.0. The van der Waals surface area contributed by atoms with Gasteiger partial charge >= 0.3 is 0 Å². The first-order chi connectivity index (χ1) is 11.2. The van der Waals surface area contributed by atoms with Crippen molar-refractivity contribution in [1.29, 1.82) is 0 Å². The highest BCUT2D eigenvalue weighted by molar-refractivity contribution is 7.92. The number of hydrogen-bond acceptors (Lipinski definition) is 4. The molecule has 1 aliphatic rings. The lowest BCUT2D eigenvalue weighted by atomic mass is 9.96. The molecule has 0 atom stereocenters. The Morgan fingerprint density at radius 3 is 2.42 bits per heavy atom. The molecular weight excluding hydrogens is 330 g/mol. The molecule has 1 saturated heterocycles. The summed E-state index contributed by atoms with van der Waals surface area (Å²) in [6.07, 6.45) is 2.12. The molecule has 8 heteroatoms. The van der Waals surface area contributed by atoms with Gasteiger partial charge in [0.15, 0.2) is 0 Å². The molecule has 0 spiro atoms. The zero-order valence-electron chi connectivity index (χ0n) is 13.9. The second-order valence-electron chi connectivity index (χ2n) is 6.17. The van der Waals surface area contributed by atoms with Crippen molar-refractivity contribution in [2.24, 2.45) is 11.7 Å². The highest BCUT2D eigenvalue weighted by atomic mass is 32.2. The molecule has 0 unspecified atom stereocenters. The third kappa shape index (κ3) is 4.47. The van der Waals surface area contributed by atoms with Crippen LogP contribution in [0.3, 0.4) is 0 Å². The summed E-state index contributed by atoms with van der Waals surface area (Å²) in [6, 6.07) is 7.01. The predicted molar refractivity (Wildman–Crippen MR) is 91.9 cm³/mol. The van der Waals surface area contributed by atoms with Crippen LogP contribution in [0.25, 0.3) is 0 Å². The van der Waals surface area contributed by atoms with Gasteiger partial charge in [0.25, 0.3) is 0 Å². The summed E-state index contributed by atoms with van der Waals surface area (Å²) in [6.45, 7) is 2.44. The quantitative estimate of drug-likeness (QED) is 0.832. The number of sulfonamides is 1. The predicted octanol–water partition coefficient (Wildman–Crippen LogP) is 0.485. The van der Waals surface area contributed by atoms with Gasteiger partial charge in [0.2, 0.25) is 21.8 Å². The maximum atomic E-state index is 12.5. The average molecular weight is 353 g/mol. The van der Waals surface area contributed by atoms with Gasteiger partial charge in [-0.25, -0.2) is 8.42 Å². The van der Waals surface area contributed by atoms with E-state index in [1.54, 1.807) is 23.1 Å². The average Bonchev–Trinajstić information content (AvgIpc) is 2.51. The minimum atomic E-state index is -3.58. The topological polar surface area (TPSA) is 101 Å². The smallest absolute Gasteiger partial charge is 0.243 e. The van der Waals surface area contributed by atoms with E-state index in [1.807, 2.05) is 13.0 Å². The van der Waals surface area contributed by atoms with Gasteiger partial charge < -0.3 is 10.6 Å². The van der Waals surface area contributed by atoms with Crippen LogP contribution >= 0.6 is 0 Å². The number of carbonyl (C=O) groups excluding carboxylic acids is 2. The summed E-state index contributed by atoms with van der Waals surface area (Å²) in [5.41, 5.74) is 6.67. The van der Waals surface area contributed by atoms with Gasteiger partial charge in [-0.05, 0) is 37.5 Å². The summed E-state index contributed by atoms with van der Waals surface area (Å²) < 4.78 is 25.3. The lowest BCUT2D eigenvalue weighted by Gasteiger charge is -2.32. The lowest BCUT2D eigenvalue weighted by Crippen LogP contribution is -2.47. The number of piperidine rings is 1. The number of nitrogens with two attached hydrogens (primary N) is 1. The first-order valence-electron chi connectivity index (χ1n) is 7.80. The van der Waals surface area contributed by atoms with Gasteiger partial charge in [-0.1, -0.05) is 12.1 Å². The van der Waals surface area contributed by atoms with Crippen LogP contribution in [-0.2, 0) is 19.6 Å². The van der Waals surface area contributed by atoms with Gasteiger partial charge in [-0.15, -0.1) is 0 Å². The molecule has 0 bridgehead atoms. The Labute approximate surface area is 142 Å². The number of rotatable bonds is 5. The molecule has 2 amide bonds. The number of anilines is 1. The van der Waals surface area contributed by atoms with Crippen LogP contribution in [0, 0.1) is 12.8 Å². The molecule has 132 valence electrons. The third-order valence-corrected chi connectivity index (χ3v) is 5.36. The molecule has 1 aliphatic heterocycles. The van der Waals surface area contributed by atoms with Crippen LogP contribution < -0.4 is 10.0 Å². The molecule has 2 N–H and O–H groups in total. The number of benzene rings is 1. The number of carbonyl (C=O) groups is 2. The van der Waals surface area contributed by atoms with Crippen LogP contribution in [0.4, 0.5) is 5.69 Å². The van der Waals surface area contributed by atoms with Crippen molar-refractivity contribution in [3.63, 3.8) is 0 Å². The van der Waals surface area contributed by atoms with E-state index in [9.17, 15) is 18.0 Å². The van der Waals surface area contributed by atoms with E-state index in [0.717, 1.165) is 16.1 Å². The lowest BCUT2D eigenvalue weighted by molar-refractivity contribution is -0.133. The summed E-state index contributed by atoms with van der Waals surface area (Å²) in [5, 5.41) is 0. The molecule has 7 nitrogen and oxygen atoms in total. The van der Waals surface area contributed by atoms with Crippen molar-refractivity contribution in [3.05, 3.63) is 29.8 Å². The van der Waals surface area contributed by atoms with Crippen molar-refractivity contribution < 1.29 is 18.0 Å². The largest absolute Gasteiger partial charge is 0.369 e. The summed E-state index contributed by atoms with van der Waals surface area (Å²) >= 11 is 0. The van der Waals surface area contributed by atoms with Gasteiger partial charge in [-0.2, -0.15) is 0 Å². The minimum absolute atomic E-state index is 0.211. The highest BCUT2D eigenvalue weighted by Crippen LogP contribution is 2.21. The Bertz CT molecular complexity index is 725. The monoisotopic (exact) mass is 353 g/mol. The summed E-state index contributed by atoms with van der Waals surface area (Å²) in [7, 11) is -3.58. The summed E-state index contributed by atoms with van der Waals surface area (Å²) in [4.78, 5) is 25.3. The molecule has 1 heterocycles. The maximum Gasteiger partial charge on any atom is 0.243 e. The fraction of sp³-hybridized carbons (Fsp3) is 0.500. The van der Waals surface area contributed by atoms with Crippen molar-refractivity contribution in [1.82, 2.24) is 4.90 Å². The number of likely N-dealkylation sites (tertiary alicyclic amines) is 1. The molecule has 24 heavy (non-hydrogen) atoms. The highest BCUT2D eigenvalue weighted by Gasteiger charge is 2.28. The number of hydrogen-bond donors (Lipinski definition) is 1. The standard InChI is InChI=1S/C16H23N3O4S/c1-12-4-3-5-14(10-12)19(24(2,22)23)11-15(20)18-8-6-13(7-9-18)16(17)21/h3-5,10,13H,6-9,11H2,1-2H3,(H2,17,21). The van der Waals surface area contributed by atoms with Gasteiger partial charge in [-0.3, -0.25) is 13.9 Å². The van der Waals surface area contributed by atoms with E-state index in [4.69, 9.17) is 5.73 Å². The fourth-order valence-corrected chi connectivity index (χ4v) is 3.66. The van der Waals surface area contributed by atoms with Gasteiger partial charge in [0.1, 0.15) is 6.54 Å². The molecule has 0 aliphatic carbocycles. The van der Waals surface area contributed by atoms with E-state index in [-0.39, 0.29) is 24.3 Å². The van der Waals surface area contributed by atoms with Crippen molar-refractivity contribution in [2.45, 2.75) is 19.8 Å². The van der Waals surface area contributed by atoms with Crippen LogP contribution in [0.1, 0.15) is 18.4 Å².